The van der Waals surface area contributed by atoms with Crippen molar-refractivity contribution in [1.82, 2.24) is 9.55 Å². The van der Waals surface area contributed by atoms with Gasteiger partial charge < -0.3 is 10.4 Å². The van der Waals surface area contributed by atoms with Gasteiger partial charge in [0.15, 0.2) is 0 Å². The van der Waals surface area contributed by atoms with Crippen molar-refractivity contribution in [2.24, 2.45) is 7.05 Å². The fourth-order valence-electron chi connectivity index (χ4n) is 4.35. The highest BCUT2D eigenvalue weighted by atomic mass is 19.1. The second-order valence-corrected chi connectivity index (χ2v) is 8.97. The number of anilines is 1. The Kier molecular flexibility index (Phi) is 7.01. The Hall–Kier alpha value is -4.26. The van der Waals surface area contributed by atoms with Gasteiger partial charge in [-0.1, -0.05) is 36.9 Å². The molecule has 0 amide bonds. The summed E-state index contributed by atoms with van der Waals surface area (Å²) >= 11 is 0. The van der Waals surface area contributed by atoms with Gasteiger partial charge in [0.1, 0.15) is 11.6 Å². The summed E-state index contributed by atoms with van der Waals surface area (Å²) in [7, 11) is 1.71. The smallest absolute Gasteiger partial charge is 0.337 e. The molecule has 1 aromatic heterocycles. The Morgan fingerprint density at radius 1 is 1.17 bits per heavy atom. The molecule has 0 bridgehead atoms. The zero-order valence-electron chi connectivity index (χ0n) is 20.5. The fraction of sp³-hybridized carbons (Fsp3) is 0.207. The predicted octanol–water partition coefficient (Wildman–Crippen LogP) is 5.90. The van der Waals surface area contributed by atoms with Gasteiger partial charge in [-0.2, -0.15) is 0 Å². The summed E-state index contributed by atoms with van der Waals surface area (Å²) in [6, 6.07) is 16.4. The topological polar surface area (TPSA) is 84.2 Å². The maximum atomic E-state index is 13.3. The number of hydrogen-bond donors (Lipinski definition) is 2. The molecule has 0 aliphatic heterocycles. The van der Waals surface area contributed by atoms with Crippen LogP contribution in [0.25, 0.3) is 16.5 Å². The number of nitrogens with one attached hydrogen (secondary N) is 1. The molecule has 184 valence electrons. The lowest BCUT2D eigenvalue weighted by Crippen LogP contribution is -2.24. The predicted molar refractivity (Wildman–Crippen MR) is 141 cm³/mol. The molecule has 0 saturated carbocycles. The van der Waals surface area contributed by atoms with Crippen molar-refractivity contribution in [2.75, 3.05) is 5.32 Å². The molecule has 0 radical (unpaired) electrons. The number of aryl methyl sites for hydroxylation is 2. The van der Waals surface area contributed by atoms with Crippen molar-refractivity contribution in [3.63, 3.8) is 0 Å². The number of carboxylic acid groups (broad SMARTS) is 1. The van der Waals surface area contributed by atoms with Crippen molar-refractivity contribution < 1.29 is 14.3 Å². The van der Waals surface area contributed by atoms with Gasteiger partial charge in [-0.25, -0.2) is 14.2 Å². The fourth-order valence-corrected chi connectivity index (χ4v) is 4.35. The Labute approximate surface area is 208 Å². The average molecular weight is 486 g/mol. The lowest BCUT2D eigenvalue weighted by atomic mass is 9.99. The molecule has 3 aromatic carbocycles. The van der Waals surface area contributed by atoms with Crippen LogP contribution in [0.4, 0.5) is 10.1 Å². The number of aromatic nitrogens is 2. The maximum Gasteiger partial charge on any atom is 0.337 e. The Morgan fingerprint density at radius 2 is 1.86 bits per heavy atom. The van der Waals surface area contributed by atoms with Crippen LogP contribution in [0.5, 0.6) is 0 Å². The number of fused-ring (bicyclic) bond motifs is 1. The van der Waals surface area contributed by atoms with E-state index in [9.17, 15) is 19.1 Å². The number of carbonyl (C=O) groups is 1. The number of nitrogens with zero attached hydrogens (tertiary/aromatic N) is 2. The number of para-hydroxylation sites is 1. The SMILES string of the molecule is C=C(CCc1nc2c(C(C)Nc3ccccc3C(=O)O)cc(C)cc2c(=O)n1C)c1ccc(F)cc1. The van der Waals surface area contributed by atoms with E-state index in [1.54, 1.807) is 48.0 Å². The first-order valence-corrected chi connectivity index (χ1v) is 11.7. The zero-order valence-corrected chi connectivity index (χ0v) is 20.5. The molecule has 0 fully saturated rings. The molecule has 0 aliphatic rings. The van der Waals surface area contributed by atoms with Crippen LogP contribution in [0.2, 0.25) is 0 Å². The molecule has 7 heteroatoms. The molecule has 1 heterocycles. The van der Waals surface area contributed by atoms with Gasteiger partial charge in [-0.3, -0.25) is 9.36 Å². The molecule has 0 aliphatic carbocycles. The summed E-state index contributed by atoms with van der Waals surface area (Å²) in [5.41, 5.74) is 4.49. The van der Waals surface area contributed by atoms with Crippen LogP contribution >= 0.6 is 0 Å². The van der Waals surface area contributed by atoms with Gasteiger partial charge in [0.2, 0.25) is 0 Å². The van der Waals surface area contributed by atoms with E-state index in [0.29, 0.717) is 35.3 Å². The first-order chi connectivity index (χ1) is 17.2. The minimum absolute atomic E-state index is 0.148. The first-order valence-electron chi connectivity index (χ1n) is 11.7. The van der Waals surface area contributed by atoms with E-state index in [-0.39, 0.29) is 23.0 Å². The maximum absolute atomic E-state index is 13.3. The summed E-state index contributed by atoms with van der Waals surface area (Å²) in [6.45, 7) is 7.95. The van der Waals surface area contributed by atoms with Crippen molar-refractivity contribution >= 4 is 28.1 Å². The normalized spacial score (nSPS) is 11.9. The molecular weight excluding hydrogens is 457 g/mol. The minimum Gasteiger partial charge on any atom is -0.478 e. The first kappa shape index (κ1) is 24.9. The summed E-state index contributed by atoms with van der Waals surface area (Å²) < 4.78 is 14.8. The number of benzene rings is 3. The molecule has 6 nitrogen and oxygen atoms in total. The van der Waals surface area contributed by atoms with E-state index >= 15 is 0 Å². The number of rotatable bonds is 8. The molecule has 1 atom stereocenters. The van der Waals surface area contributed by atoms with Crippen molar-refractivity contribution in [2.45, 2.75) is 32.7 Å². The summed E-state index contributed by atoms with van der Waals surface area (Å²) in [4.78, 5) is 29.8. The van der Waals surface area contributed by atoms with Gasteiger partial charge in [-0.15, -0.1) is 0 Å². The lowest BCUT2D eigenvalue weighted by molar-refractivity contribution is 0.0698. The highest BCUT2D eigenvalue weighted by molar-refractivity contribution is 5.94. The number of halogens is 1. The Morgan fingerprint density at radius 3 is 2.56 bits per heavy atom. The molecule has 1 unspecified atom stereocenters. The molecule has 2 N–H and O–H groups in total. The van der Waals surface area contributed by atoms with E-state index in [1.807, 2.05) is 26.0 Å². The van der Waals surface area contributed by atoms with Crippen LogP contribution in [0, 0.1) is 12.7 Å². The number of allylic oxidation sites excluding steroid dienone is 1. The third-order valence-corrected chi connectivity index (χ3v) is 6.35. The Balaban J connectivity index is 1.70. The third kappa shape index (κ3) is 5.05. The highest BCUT2D eigenvalue weighted by Gasteiger charge is 2.18. The van der Waals surface area contributed by atoms with Gasteiger partial charge in [-0.05, 0) is 67.3 Å². The van der Waals surface area contributed by atoms with E-state index < -0.39 is 5.97 Å². The van der Waals surface area contributed by atoms with Crippen molar-refractivity contribution in [3.8, 4) is 0 Å². The second-order valence-electron chi connectivity index (χ2n) is 8.97. The van der Waals surface area contributed by atoms with Crippen LogP contribution in [0.15, 0.2) is 72.0 Å². The highest BCUT2D eigenvalue weighted by Crippen LogP contribution is 2.28. The van der Waals surface area contributed by atoms with E-state index in [0.717, 1.165) is 22.3 Å². The Bertz CT molecular complexity index is 1520. The van der Waals surface area contributed by atoms with Crippen molar-refractivity contribution in [3.05, 3.63) is 111 Å². The summed E-state index contributed by atoms with van der Waals surface area (Å²) in [5.74, 6) is -0.712. The number of carboxylic acids is 1. The summed E-state index contributed by atoms with van der Waals surface area (Å²) in [5, 5.41) is 13.3. The van der Waals surface area contributed by atoms with Crippen LogP contribution in [-0.4, -0.2) is 20.6 Å². The standard InChI is InChI=1S/C29H28FN3O3/c1-17-15-23(19(3)31-25-8-6-5-7-22(25)29(35)36)27-24(16-17)28(34)33(4)26(32-27)14-9-18(2)20-10-12-21(30)13-11-20/h5-8,10-13,15-16,19,31H,2,9,14H2,1,3-4H3,(H,35,36). The van der Waals surface area contributed by atoms with E-state index in [4.69, 9.17) is 4.98 Å². The van der Waals surface area contributed by atoms with E-state index in [2.05, 4.69) is 11.9 Å². The molecule has 4 rings (SSSR count). The van der Waals surface area contributed by atoms with Gasteiger partial charge in [0, 0.05) is 24.7 Å². The third-order valence-electron chi connectivity index (χ3n) is 6.35. The van der Waals surface area contributed by atoms with Crippen molar-refractivity contribution in [1.29, 1.82) is 0 Å². The van der Waals surface area contributed by atoms with Gasteiger partial charge in [0.05, 0.1) is 22.5 Å². The molecule has 0 saturated heterocycles. The van der Waals surface area contributed by atoms with Gasteiger partial charge in [0.25, 0.3) is 5.56 Å². The number of hydrogen-bond acceptors (Lipinski definition) is 4. The van der Waals surface area contributed by atoms with E-state index in [1.165, 1.54) is 12.1 Å². The minimum atomic E-state index is -1.02. The molecule has 36 heavy (non-hydrogen) atoms. The average Bonchev–Trinajstić information content (AvgIpc) is 2.85. The second kappa shape index (κ2) is 10.2. The van der Waals surface area contributed by atoms with Crippen LogP contribution in [-0.2, 0) is 13.5 Å². The zero-order chi connectivity index (χ0) is 26.0. The van der Waals surface area contributed by atoms with Crippen LogP contribution in [0.3, 0.4) is 0 Å². The molecule has 4 aromatic rings. The summed E-state index contributed by atoms with van der Waals surface area (Å²) in [6.07, 6.45) is 1.03. The number of aromatic carboxylic acids is 1. The monoisotopic (exact) mass is 485 g/mol. The van der Waals surface area contributed by atoms with Crippen LogP contribution in [0.1, 0.15) is 52.3 Å². The molecular formula is C29H28FN3O3. The lowest BCUT2D eigenvalue weighted by Gasteiger charge is -2.20. The quantitative estimate of drug-likeness (QED) is 0.325. The molecule has 0 spiro atoms. The van der Waals surface area contributed by atoms with Gasteiger partial charge >= 0.3 is 5.97 Å². The largest absolute Gasteiger partial charge is 0.478 e. The van der Waals surface area contributed by atoms with Crippen LogP contribution < -0.4 is 10.9 Å².